The Hall–Kier alpha value is -2.66. The van der Waals surface area contributed by atoms with Crippen molar-refractivity contribution in [1.29, 1.82) is 5.26 Å². The molecule has 2 aromatic rings. The maximum absolute atomic E-state index is 12.6. The number of amides is 1. The third-order valence-electron chi connectivity index (χ3n) is 4.39. The molecule has 1 fully saturated rings. The SMILES string of the molecule is CC(C)c1cc(C(=O)Nc2cccc(C#N)c2)nn1[C@@H]1CCS(=O)(=O)C1. The van der Waals surface area contributed by atoms with Gasteiger partial charge in [-0.2, -0.15) is 10.4 Å². The van der Waals surface area contributed by atoms with Crippen molar-refractivity contribution in [3.8, 4) is 6.07 Å². The van der Waals surface area contributed by atoms with Crippen LogP contribution in [0.3, 0.4) is 0 Å². The summed E-state index contributed by atoms with van der Waals surface area (Å²) in [6.07, 6.45) is 0.509. The summed E-state index contributed by atoms with van der Waals surface area (Å²) in [4.78, 5) is 12.6. The summed E-state index contributed by atoms with van der Waals surface area (Å²) in [6.45, 7) is 3.96. The molecule has 0 aliphatic carbocycles. The highest BCUT2D eigenvalue weighted by Gasteiger charge is 2.32. The van der Waals surface area contributed by atoms with Gasteiger partial charge in [-0.3, -0.25) is 9.48 Å². The van der Waals surface area contributed by atoms with Crippen molar-refractivity contribution in [3.63, 3.8) is 0 Å². The van der Waals surface area contributed by atoms with Gasteiger partial charge in [0.05, 0.1) is 29.2 Å². The molecule has 1 aromatic carbocycles. The van der Waals surface area contributed by atoms with Gasteiger partial charge in [-0.1, -0.05) is 19.9 Å². The van der Waals surface area contributed by atoms with E-state index in [1.165, 1.54) is 0 Å². The van der Waals surface area contributed by atoms with Gasteiger partial charge in [0, 0.05) is 11.4 Å². The smallest absolute Gasteiger partial charge is 0.276 e. The lowest BCUT2D eigenvalue weighted by Crippen LogP contribution is -2.17. The van der Waals surface area contributed by atoms with E-state index in [-0.39, 0.29) is 35.1 Å². The second kappa shape index (κ2) is 6.92. The summed E-state index contributed by atoms with van der Waals surface area (Å²) in [5.74, 6) is -0.0760. The third-order valence-corrected chi connectivity index (χ3v) is 6.14. The fourth-order valence-corrected chi connectivity index (χ4v) is 4.77. The van der Waals surface area contributed by atoms with Crippen molar-refractivity contribution in [3.05, 3.63) is 47.3 Å². The molecule has 7 nitrogen and oxygen atoms in total. The quantitative estimate of drug-likeness (QED) is 0.888. The summed E-state index contributed by atoms with van der Waals surface area (Å²) >= 11 is 0. The number of nitriles is 1. The van der Waals surface area contributed by atoms with E-state index >= 15 is 0 Å². The Kier molecular flexibility index (Phi) is 4.83. The molecular formula is C18H20N4O3S. The number of aromatic nitrogens is 2. The molecule has 1 atom stereocenters. The highest BCUT2D eigenvalue weighted by atomic mass is 32.2. The molecule has 136 valence electrons. The van der Waals surface area contributed by atoms with E-state index in [4.69, 9.17) is 5.26 Å². The number of rotatable bonds is 4. The Morgan fingerprint density at radius 3 is 2.77 bits per heavy atom. The van der Waals surface area contributed by atoms with Crippen LogP contribution in [-0.2, 0) is 9.84 Å². The van der Waals surface area contributed by atoms with Crippen molar-refractivity contribution in [2.45, 2.75) is 32.2 Å². The fourth-order valence-electron chi connectivity index (χ4n) is 3.07. The standard InChI is InChI=1S/C18H20N4O3S/c1-12(2)17-9-16(21-22(17)15-6-7-26(24,25)11-15)18(23)20-14-5-3-4-13(8-14)10-19/h3-5,8-9,12,15H,6-7,11H2,1-2H3,(H,20,23)/t15-/m1/s1. The Balaban J connectivity index is 1.87. The second-order valence-electron chi connectivity index (χ2n) is 6.76. The molecule has 1 amide bonds. The van der Waals surface area contributed by atoms with Gasteiger partial charge in [0.1, 0.15) is 0 Å². The lowest BCUT2D eigenvalue weighted by Gasteiger charge is -2.15. The van der Waals surface area contributed by atoms with Crippen molar-refractivity contribution < 1.29 is 13.2 Å². The van der Waals surface area contributed by atoms with Crippen LogP contribution in [0, 0.1) is 11.3 Å². The molecule has 0 saturated carbocycles. The van der Waals surface area contributed by atoms with Gasteiger partial charge in [0.2, 0.25) is 0 Å². The van der Waals surface area contributed by atoms with Gasteiger partial charge in [-0.05, 0) is 36.6 Å². The minimum absolute atomic E-state index is 0.0552. The van der Waals surface area contributed by atoms with Crippen LogP contribution in [0.15, 0.2) is 30.3 Å². The number of hydrogen-bond acceptors (Lipinski definition) is 5. The molecule has 3 rings (SSSR count). The van der Waals surface area contributed by atoms with Crippen LogP contribution in [0.2, 0.25) is 0 Å². The van der Waals surface area contributed by atoms with Gasteiger partial charge in [0.25, 0.3) is 5.91 Å². The van der Waals surface area contributed by atoms with Crippen molar-refractivity contribution in [1.82, 2.24) is 9.78 Å². The van der Waals surface area contributed by atoms with Crippen LogP contribution < -0.4 is 5.32 Å². The summed E-state index contributed by atoms with van der Waals surface area (Å²) in [7, 11) is -3.05. The lowest BCUT2D eigenvalue weighted by atomic mass is 10.1. The predicted molar refractivity (Wildman–Crippen MR) is 97.7 cm³/mol. The van der Waals surface area contributed by atoms with Gasteiger partial charge in [0.15, 0.2) is 15.5 Å². The zero-order chi connectivity index (χ0) is 18.9. The third kappa shape index (κ3) is 3.78. The minimum atomic E-state index is -3.05. The first-order valence-electron chi connectivity index (χ1n) is 8.40. The average molecular weight is 372 g/mol. The van der Waals surface area contributed by atoms with E-state index in [2.05, 4.69) is 10.4 Å². The number of carbonyl (C=O) groups is 1. The number of hydrogen-bond donors (Lipinski definition) is 1. The monoisotopic (exact) mass is 372 g/mol. The molecule has 0 bridgehead atoms. The van der Waals surface area contributed by atoms with E-state index in [1.807, 2.05) is 19.9 Å². The normalized spacial score (nSPS) is 18.6. The predicted octanol–water partition coefficient (Wildman–Crippen LogP) is 2.49. The first-order chi connectivity index (χ1) is 12.3. The topological polar surface area (TPSA) is 105 Å². The van der Waals surface area contributed by atoms with Crippen LogP contribution in [0.1, 0.15) is 54.0 Å². The molecule has 0 unspecified atom stereocenters. The number of nitrogens with zero attached hydrogens (tertiary/aromatic N) is 3. The molecule has 0 spiro atoms. The Morgan fingerprint density at radius 2 is 2.15 bits per heavy atom. The molecule has 1 aliphatic heterocycles. The molecule has 1 aliphatic rings. The molecule has 1 saturated heterocycles. The minimum Gasteiger partial charge on any atom is -0.321 e. The van der Waals surface area contributed by atoms with Crippen LogP contribution in [-0.4, -0.2) is 35.6 Å². The van der Waals surface area contributed by atoms with Gasteiger partial charge in [-0.25, -0.2) is 8.42 Å². The van der Waals surface area contributed by atoms with Crippen molar-refractivity contribution >= 4 is 21.4 Å². The Morgan fingerprint density at radius 1 is 1.38 bits per heavy atom. The fraction of sp³-hybridized carbons (Fsp3) is 0.389. The largest absolute Gasteiger partial charge is 0.321 e. The van der Waals surface area contributed by atoms with Gasteiger partial charge >= 0.3 is 0 Å². The molecule has 1 aromatic heterocycles. The van der Waals surface area contributed by atoms with Crippen LogP contribution in [0.5, 0.6) is 0 Å². The lowest BCUT2D eigenvalue weighted by molar-refractivity contribution is 0.102. The van der Waals surface area contributed by atoms with E-state index in [1.54, 1.807) is 35.0 Å². The van der Waals surface area contributed by atoms with E-state index < -0.39 is 9.84 Å². The maximum atomic E-state index is 12.6. The highest BCUT2D eigenvalue weighted by Crippen LogP contribution is 2.28. The zero-order valence-corrected chi connectivity index (χ0v) is 15.5. The first-order valence-corrected chi connectivity index (χ1v) is 10.2. The number of benzene rings is 1. The number of nitrogens with one attached hydrogen (secondary N) is 1. The first kappa shape index (κ1) is 18.1. The molecular weight excluding hydrogens is 352 g/mol. The molecule has 26 heavy (non-hydrogen) atoms. The van der Waals surface area contributed by atoms with Crippen LogP contribution >= 0.6 is 0 Å². The number of anilines is 1. The summed E-state index contributed by atoms with van der Waals surface area (Å²) < 4.78 is 25.3. The number of carbonyl (C=O) groups excluding carboxylic acids is 1. The summed E-state index contributed by atoms with van der Waals surface area (Å²) in [6, 6.07) is 10.1. The molecule has 0 radical (unpaired) electrons. The van der Waals surface area contributed by atoms with Crippen molar-refractivity contribution in [2.24, 2.45) is 0 Å². The molecule has 1 N–H and O–H groups in total. The zero-order valence-electron chi connectivity index (χ0n) is 14.6. The second-order valence-corrected chi connectivity index (χ2v) is 8.99. The van der Waals surface area contributed by atoms with E-state index in [0.717, 1.165) is 5.69 Å². The summed E-state index contributed by atoms with van der Waals surface area (Å²) in [5.41, 5.74) is 2.04. The molecule has 2 heterocycles. The molecule has 8 heteroatoms. The Labute approximate surface area is 152 Å². The van der Waals surface area contributed by atoms with Gasteiger partial charge < -0.3 is 5.32 Å². The number of sulfone groups is 1. The van der Waals surface area contributed by atoms with Gasteiger partial charge in [-0.15, -0.1) is 0 Å². The average Bonchev–Trinajstić information content (AvgIpc) is 3.18. The highest BCUT2D eigenvalue weighted by molar-refractivity contribution is 7.91. The van der Waals surface area contributed by atoms with E-state index in [9.17, 15) is 13.2 Å². The van der Waals surface area contributed by atoms with Crippen LogP contribution in [0.25, 0.3) is 0 Å². The van der Waals surface area contributed by atoms with Crippen LogP contribution in [0.4, 0.5) is 5.69 Å². The summed E-state index contributed by atoms with van der Waals surface area (Å²) in [5, 5.41) is 16.1. The Bertz CT molecular complexity index is 986. The maximum Gasteiger partial charge on any atom is 0.276 e. The van der Waals surface area contributed by atoms with Crippen molar-refractivity contribution in [2.75, 3.05) is 16.8 Å². The van der Waals surface area contributed by atoms with E-state index in [0.29, 0.717) is 17.7 Å².